The Morgan fingerprint density at radius 1 is 1.00 bits per heavy atom. The molecule has 2 aromatic rings. The van der Waals surface area contributed by atoms with Crippen LogP contribution in [0.5, 0.6) is 0 Å². The molecule has 2 nitrogen and oxygen atoms in total. The molecule has 0 radical (unpaired) electrons. The molecule has 1 aromatic heterocycles. The molecule has 0 saturated carbocycles. The van der Waals surface area contributed by atoms with E-state index in [1.807, 2.05) is 12.4 Å². The van der Waals surface area contributed by atoms with Crippen molar-refractivity contribution >= 4 is 0 Å². The number of benzene rings is 1. The van der Waals surface area contributed by atoms with Crippen molar-refractivity contribution in [2.75, 3.05) is 6.54 Å². The van der Waals surface area contributed by atoms with E-state index in [0.29, 0.717) is 0 Å². The quantitative estimate of drug-likeness (QED) is 0.841. The molecule has 0 aliphatic carbocycles. The summed E-state index contributed by atoms with van der Waals surface area (Å²) in [6, 6.07) is 11.1. The van der Waals surface area contributed by atoms with Crippen LogP contribution in [0.4, 0.5) is 0 Å². The Kier molecular flexibility index (Phi) is 5.13. The Morgan fingerprint density at radius 3 is 2.33 bits per heavy atom. The third kappa shape index (κ3) is 3.92. The lowest BCUT2D eigenvalue weighted by atomic mass is 9.82. The predicted molar refractivity (Wildman–Crippen MR) is 90.4 cm³/mol. The largest absolute Gasteiger partial charge is 0.313 e. The van der Waals surface area contributed by atoms with Gasteiger partial charge in [-0.2, -0.15) is 0 Å². The molecule has 0 aliphatic rings. The van der Waals surface area contributed by atoms with Crippen molar-refractivity contribution in [3.05, 3.63) is 53.9 Å². The van der Waals surface area contributed by atoms with Crippen molar-refractivity contribution in [1.29, 1.82) is 0 Å². The van der Waals surface area contributed by atoms with E-state index in [1.54, 1.807) is 0 Å². The molecule has 21 heavy (non-hydrogen) atoms. The van der Waals surface area contributed by atoms with Crippen LogP contribution >= 0.6 is 0 Å². The maximum atomic E-state index is 4.36. The molecule has 2 heteroatoms. The molecular weight excluding hydrogens is 256 g/mol. The molecule has 0 fully saturated rings. The van der Waals surface area contributed by atoms with Crippen molar-refractivity contribution < 1.29 is 0 Å². The zero-order valence-electron chi connectivity index (χ0n) is 13.6. The molecule has 0 atom stereocenters. The second-order valence-corrected chi connectivity index (χ2v) is 6.18. The van der Waals surface area contributed by atoms with Crippen LogP contribution in [0.1, 0.15) is 45.2 Å². The van der Waals surface area contributed by atoms with Gasteiger partial charge < -0.3 is 5.32 Å². The number of nitrogens with zero attached hydrogens (tertiary/aromatic N) is 1. The van der Waals surface area contributed by atoms with Crippen LogP contribution in [-0.4, -0.2) is 11.5 Å². The van der Waals surface area contributed by atoms with E-state index in [9.17, 15) is 0 Å². The summed E-state index contributed by atoms with van der Waals surface area (Å²) >= 11 is 0. The van der Waals surface area contributed by atoms with Gasteiger partial charge in [-0.1, -0.05) is 52.0 Å². The molecule has 1 aromatic carbocycles. The Bertz CT molecular complexity index is 570. The number of nitrogens with one attached hydrogen (secondary N) is 1. The smallest absolute Gasteiger partial charge is 0.0346 e. The van der Waals surface area contributed by atoms with E-state index in [0.717, 1.165) is 19.5 Å². The summed E-state index contributed by atoms with van der Waals surface area (Å²) in [5, 5.41) is 3.34. The fourth-order valence-electron chi connectivity index (χ4n) is 2.33. The van der Waals surface area contributed by atoms with Gasteiger partial charge in [-0.15, -0.1) is 0 Å². The first-order valence-electron chi connectivity index (χ1n) is 7.82. The minimum absolute atomic E-state index is 0.240. The molecule has 0 amide bonds. The predicted octanol–water partition coefficient (Wildman–Crippen LogP) is 4.55. The third-order valence-electron chi connectivity index (χ3n) is 4.26. The SMILES string of the molecule is CCNCc1cncc(-c2ccc(C(C)(C)CC)cc2)c1. The summed E-state index contributed by atoms with van der Waals surface area (Å²) in [4.78, 5) is 4.36. The third-order valence-corrected chi connectivity index (χ3v) is 4.26. The summed E-state index contributed by atoms with van der Waals surface area (Å²) in [6.07, 6.45) is 5.02. The Balaban J connectivity index is 2.22. The highest BCUT2D eigenvalue weighted by Crippen LogP contribution is 2.29. The summed E-state index contributed by atoms with van der Waals surface area (Å²) < 4.78 is 0. The topological polar surface area (TPSA) is 24.9 Å². The van der Waals surface area contributed by atoms with E-state index in [1.165, 1.54) is 22.3 Å². The monoisotopic (exact) mass is 282 g/mol. The minimum atomic E-state index is 0.240. The molecule has 2 rings (SSSR count). The van der Waals surface area contributed by atoms with E-state index >= 15 is 0 Å². The first-order chi connectivity index (χ1) is 10.1. The molecule has 0 unspecified atom stereocenters. The van der Waals surface area contributed by atoms with Gasteiger partial charge in [0.25, 0.3) is 0 Å². The van der Waals surface area contributed by atoms with Crippen LogP contribution in [0.15, 0.2) is 42.7 Å². The van der Waals surface area contributed by atoms with Crippen molar-refractivity contribution in [3.8, 4) is 11.1 Å². The average molecular weight is 282 g/mol. The number of pyridine rings is 1. The second-order valence-electron chi connectivity index (χ2n) is 6.18. The molecular formula is C19H26N2. The number of hydrogen-bond donors (Lipinski definition) is 1. The van der Waals surface area contributed by atoms with Gasteiger partial charge in [-0.3, -0.25) is 4.98 Å². The standard InChI is InChI=1S/C19H26N2/c1-5-19(3,4)18-9-7-16(8-10-18)17-11-15(12-20-6-2)13-21-14-17/h7-11,13-14,20H,5-6,12H2,1-4H3. The second kappa shape index (κ2) is 6.86. The van der Waals surface area contributed by atoms with Gasteiger partial charge in [0.2, 0.25) is 0 Å². The summed E-state index contributed by atoms with van der Waals surface area (Å²) in [6.45, 7) is 10.8. The van der Waals surface area contributed by atoms with Crippen molar-refractivity contribution in [3.63, 3.8) is 0 Å². The Morgan fingerprint density at radius 2 is 1.71 bits per heavy atom. The van der Waals surface area contributed by atoms with Crippen LogP contribution in [0, 0.1) is 0 Å². The van der Waals surface area contributed by atoms with Gasteiger partial charge in [0.15, 0.2) is 0 Å². The number of rotatable bonds is 6. The fraction of sp³-hybridized carbons (Fsp3) is 0.421. The highest BCUT2D eigenvalue weighted by molar-refractivity contribution is 5.63. The summed E-state index contributed by atoms with van der Waals surface area (Å²) in [5.74, 6) is 0. The van der Waals surface area contributed by atoms with Crippen LogP contribution in [0.25, 0.3) is 11.1 Å². The van der Waals surface area contributed by atoms with E-state index in [4.69, 9.17) is 0 Å². The minimum Gasteiger partial charge on any atom is -0.313 e. The number of aromatic nitrogens is 1. The van der Waals surface area contributed by atoms with Gasteiger partial charge in [0, 0.05) is 24.5 Å². The average Bonchev–Trinajstić information content (AvgIpc) is 2.53. The normalized spacial score (nSPS) is 11.6. The highest BCUT2D eigenvalue weighted by Gasteiger charge is 2.17. The van der Waals surface area contributed by atoms with Gasteiger partial charge in [0.05, 0.1) is 0 Å². The van der Waals surface area contributed by atoms with Crippen LogP contribution < -0.4 is 5.32 Å². The van der Waals surface area contributed by atoms with Gasteiger partial charge in [0.1, 0.15) is 0 Å². The molecule has 0 bridgehead atoms. The van der Waals surface area contributed by atoms with Crippen LogP contribution in [0.2, 0.25) is 0 Å². The van der Waals surface area contributed by atoms with Crippen molar-refractivity contribution in [2.45, 2.75) is 46.1 Å². The molecule has 0 spiro atoms. The zero-order valence-corrected chi connectivity index (χ0v) is 13.6. The van der Waals surface area contributed by atoms with Gasteiger partial charge in [-0.25, -0.2) is 0 Å². The van der Waals surface area contributed by atoms with E-state index < -0.39 is 0 Å². The first kappa shape index (κ1) is 15.7. The molecule has 0 aliphatic heterocycles. The number of hydrogen-bond acceptors (Lipinski definition) is 2. The van der Waals surface area contributed by atoms with Crippen molar-refractivity contribution in [2.24, 2.45) is 0 Å². The van der Waals surface area contributed by atoms with Gasteiger partial charge in [-0.05, 0) is 41.1 Å². The highest BCUT2D eigenvalue weighted by atomic mass is 14.8. The van der Waals surface area contributed by atoms with Crippen LogP contribution in [-0.2, 0) is 12.0 Å². The lowest BCUT2D eigenvalue weighted by molar-refractivity contribution is 0.506. The van der Waals surface area contributed by atoms with E-state index in [2.05, 4.69) is 68.3 Å². The molecule has 1 N–H and O–H groups in total. The first-order valence-corrected chi connectivity index (χ1v) is 7.82. The van der Waals surface area contributed by atoms with Gasteiger partial charge >= 0.3 is 0 Å². The Hall–Kier alpha value is -1.67. The maximum absolute atomic E-state index is 4.36. The fourth-order valence-corrected chi connectivity index (χ4v) is 2.33. The van der Waals surface area contributed by atoms with E-state index in [-0.39, 0.29) is 5.41 Å². The van der Waals surface area contributed by atoms with Crippen LogP contribution in [0.3, 0.4) is 0 Å². The maximum Gasteiger partial charge on any atom is 0.0346 e. The zero-order chi connectivity index (χ0) is 15.3. The Labute approximate surface area is 128 Å². The molecule has 112 valence electrons. The molecule has 1 heterocycles. The van der Waals surface area contributed by atoms with Crippen molar-refractivity contribution in [1.82, 2.24) is 10.3 Å². The summed E-state index contributed by atoms with van der Waals surface area (Å²) in [5.41, 5.74) is 5.28. The lowest BCUT2D eigenvalue weighted by Gasteiger charge is -2.23. The summed E-state index contributed by atoms with van der Waals surface area (Å²) in [7, 11) is 0. The molecule has 0 saturated heterocycles. The lowest BCUT2D eigenvalue weighted by Crippen LogP contribution is -2.15.